The van der Waals surface area contributed by atoms with Crippen LogP contribution < -0.4 is 16.0 Å². The van der Waals surface area contributed by atoms with E-state index in [0.29, 0.717) is 19.5 Å². The standard InChI is InChI=1S/C23H38N4O3/c1-3-5-18-11-14-27(15-12-18)17-22(29)26-21(6-4-13-24-2)23(30)25-16-19-7-9-20(28)10-8-19/h7-10,18,21,24,28H,3-6,11-17H2,1-2H3,(H,25,30)(H,26,29). The van der Waals surface area contributed by atoms with Crippen molar-refractivity contribution in [3.63, 3.8) is 0 Å². The molecule has 1 aliphatic heterocycles. The van der Waals surface area contributed by atoms with Gasteiger partial charge in [-0.05, 0) is 76.0 Å². The third-order valence-corrected chi connectivity index (χ3v) is 5.75. The van der Waals surface area contributed by atoms with Crippen molar-refractivity contribution in [1.29, 1.82) is 0 Å². The molecule has 7 nitrogen and oxygen atoms in total. The minimum Gasteiger partial charge on any atom is -0.508 e. The van der Waals surface area contributed by atoms with Crippen molar-refractivity contribution in [3.05, 3.63) is 29.8 Å². The van der Waals surface area contributed by atoms with Crippen LogP contribution in [0, 0.1) is 5.92 Å². The lowest BCUT2D eigenvalue weighted by molar-refractivity contribution is -0.130. The van der Waals surface area contributed by atoms with Crippen molar-refractivity contribution >= 4 is 11.8 Å². The number of likely N-dealkylation sites (tertiary alicyclic amines) is 1. The molecular weight excluding hydrogens is 380 g/mol. The maximum Gasteiger partial charge on any atom is 0.242 e. The van der Waals surface area contributed by atoms with Gasteiger partial charge in [0.25, 0.3) is 0 Å². The van der Waals surface area contributed by atoms with Crippen molar-refractivity contribution in [1.82, 2.24) is 20.9 Å². The van der Waals surface area contributed by atoms with Crippen molar-refractivity contribution in [2.75, 3.05) is 33.2 Å². The number of rotatable bonds is 12. The number of hydrogen-bond acceptors (Lipinski definition) is 5. The predicted octanol–water partition coefficient (Wildman–Crippen LogP) is 2.00. The minimum atomic E-state index is -0.541. The van der Waals surface area contributed by atoms with Crippen molar-refractivity contribution < 1.29 is 14.7 Å². The molecule has 1 heterocycles. The van der Waals surface area contributed by atoms with Gasteiger partial charge in [-0.25, -0.2) is 0 Å². The average molecular weight is 419 g/mol. The summed E-state index contributed by atoms with van der Waals surface area (Å²) in [6.45, 7) is 5.64. The molecular formula is C23H38N4O3. The quantitative estimate of drug-likeness (QED) is 0.390. The number of phenolic OH excluding ortho intramolecular Hbond substituents is 1. The fourth-order valence-electron chi connectivity index (χ4n) is 3.96. The first kappa shape index (κ1) is 24.2. The maximum absolute atomic E-state index is 12.7. The van der Waals surface area contributed by atoms with Gasteiger partial charge in [0.05, 0.1) is 6.54 Å². The molecule has 0 aliphatic carbocycles. The molecule has 1 saturated heterocycles. The Balaban J connectivity index is 1.82. The molecule has 0 bridgehead atoms. The van der Waals surface area contributed by atoms with Crippen LogP contribution >= 0.6 is 0 Å². The second-order valence-corrected chi connectivity index (χ2v) is 8.26. The van der Waals surface area contributed by atoms with Gasteiger partial charge in [0.15, 0.2) is 0 Å². The zero-order chi connectivity index (χ0) is 21.8. The molecule has 4 N–H and O–H groups in total. The second-order valence-electron chi connectivity index (χ2n) is 8.26. The first-order valence-corrected chi connectivity index (χ1v) is 11.2. The van der Waals surface area contributed by atoms with Crippen LogP contribution in [0.15, 0.2) is 24.3 Å². The fraction of sp³-hybridized carbons (Fsp3) is 0.652. The summed E-state index contributed by atoms with van der Waals surface area (Å²) in [6, 6.07) is 6.19. The van der Waals surface area contributed by atoms with Crippen LogP contribution in [0.2, 0.25) is 0 Å². The summed E-state index contributed by atoms with van der Waals surface area (Å²) >= 11 is 0. The summed E-state index contributed by atoms with van der Waals surface area (Å²) in [5.74, 6) is 0.725. The number of piperidine rings is 1. The van der Waals surface area contributed by atoms with Gasteiger partial charge < -0.3 is 21.1 Å². The highest BCUT2D eigenvalue weighted by atomic mass is 16.3. The molecule has 2 rings (SSSR count). The summed E-state index contributed by atoms with van der Waals surface area (Å²) in [5.41, 5.74) is 0.899. The van der Waals surface area contributed by atoms with E-state index in [4.69, 9.17) is 0 Å². The van der Waals surface area contributed by atoms with E-state index < -0.39 is 6.04 Å². The van der Waals surface area contributed by atoms with Gasteiger partial charge in [-0.15, -0.1) is 0 Å². The van der Waals surface area contributed by atoms with E-state index in [1.54, 1.807) is 24.3 Å². The van der Waals surface area contributed by atoms with E-state index in [-0.39, 0.29) is 17.6 Å². The third-order valence-electron chi connectivity index (χ3n) is 5.75. The largest absolute Gasteiger partial charge is 0.508 e. The summed E-state index contributed by atoms with van der Waals surface area (Å²) in [6.07, 6.45) is 6.19. The molecule has 1 unspecified atom stereocenters. The Hall–Kier alpha value is -2.12. The Kier molecular flexibility index (Phi) is 10.7. The molecule has 7 heteroatoms. The van der Waals surface area contributed by atoms with Gasteiger partial charge in [-0.1, -0.05) is 31.9 Å². The number of amides is 2. The third kappa shape index (κ3) is 8.71. The molecule has 2 amide bonds. The van der Waals surface area contributed by atoms with Crippen LogP contribution in [0.1, 0.15) is 51.0 Å². The average Bonchev–Trinajstić information content (AvgIpc) is 2.74. The molecule has 1 atom stereocenters. The molecule has 1 fully saturated rings. The number of hydrogen-bond donors (Lipinski definition) is 4. The molecule has 0 aromatic heterocycles. The monoisotopic (exact) mass is 418 g/mol. The normalized spacial score (nSPS) is 16.2. The van der Waals surface area contributed by atoms with Gasteiger partial charge >= 0.3 is 0 Å². The first-order valence-electron chi connectivity index (χ1n) is 11.2. The lowest BCUT2D eigenvalue weighted by Gasteiger charge is -2.31. The highest BCUT2D eigenvalue weighted by molar-refractivity contribution is 5.88. The first-order chi connectivity index (χ1) is 14.5. The van der Waals surface area contributed by atoms with E-state index >= 15 is 0 Å². The van der Waals surface area contributed by atoms with Crippen LogP contribution in [-0.4, -0.2) is 61.1 Å². The number of nitrogens with zero attached hydrogens (tertiary/aromatic N) is 1. The van der Waals surface area contributed by atoms with Crippen molar-refractivity contribution in [3.8, 4) is 5.75 Å². The van der Waals surface area contributed by atoms with Gasteiger partial charge in [-0.2, -0.15) is 0 Å². The van der Waals surface area contributed by atoms with Crippen molar-refractivity contribution in [2.24, 2.45) is 5.92 Å². The summed E-state index contributed by atoms with van der Waals surface area (Å²) in [4.78, 5) is 27.5. The highest BCUT2D eigenvalue weighted by Gasteiger charge is 2.24. The zero-order valence-corrected chi connectivity index (χ0v) is 18.5. The van der Waals surface area contributed by atoms with Gasteiger partial charge in [0.1, 0.15) is 11.8 Å². The van der Waals surface area contributed by atoms with E-state index in [2.05, 4.69) is 27.8 Å². The zero-order valence-electron chi connectivity index (χ0n) is 18.5. The summed E-state index contributed by atoms with van der Waals surface area (Å²) in [7, 11) is 1.88. The summed E-state index contributed by atoms with van der Waals surface area (Å²) in [5, 5.41) is 18.3. The molecule has 0 spiro atoms. The molecule has 1 aromatic rings. The number of aromatic hydroxyl groups is 1. The van der Waals surface area contributed by atoms with Crippen LogP contribution in [0.25, 0.3) is 0 Å². The SMILES string of the molecule is CCCC1CCN(CC(=O)NC(CCCNC)C(=O)NCc2ccc(O)cc2)CC1. The Labute approximate surface area is 180 Å². The van der Waals surface area contributed by atoms with E-state index in [0.717, 1.165) is 50.4 Å². The van der Waals surface area contributed by atoms with E-state index in [1.807, 2.05) is 7.05 Å². The topological polar surface area (TPSA) is 93.7 Å². The minimum absolute atomic E-state index is 0.0850. The fourth-order valence-corrected chi connectivity index (χ4v) is 3.96. The van der Waals surface area contributed by atoms with Gasteiger partial charge in [0, 0.05) is 6.54 Å². The van der Waals surface area contributed by atoms with Gasteiger partial charge in [-0.3, -0.25) is 14.5 Å². The Morgan fingerprint density at radius 3 is 2.53 bits per heavy atom. The molecule has 0 saturated carbocycles. The number of nitrogens with one attached hydrogen (secondary N) is 3. The van der Waals surface area contributed by atoms with Crippen LogP contribution in [0.5, 0.6) is 5.75 Å². The van der Waals surface area contributed by atoms with Crippen LogP contribution in [0.3, 0.4) is 0 Å². The molecule has 0 radical (unpaired) electrons. The van der Waals surface area contributed by atoms with Crippen molar-refractivity contribution in [2.45, 2.75) is 58.0 Å². The summed E-state index contributed by atoms with van der Waals surface area (Å²) < 4.78 is 0. The lowest BCUT2D eigenvalue weighted by Crippen LogP contribution is -2.50. The van der Waals surface area contributed by atoms with E-state index in [1.165, 1.54) is 12.8 Å². The molecule has 168 valence electrons. The molecule has 1 aromatic carbocycles. The Morgan fingerprint density at radius 1 is 1.20 bits per heavy atom. The van der Waals surface area contributed by atoms with Gasteiger partial charge in [0.2, 0.25) is 11.8 Å². The Bertz CT molecular complexity index is 642. The number of phenols is 1. The van der Waals surface area contributed by atoms with Crippen LogP contribution in [-0.2, 0) is 16.1 Å². The maximum atomic E-state index is 12.7. The molecule has 1 aliphatic rings. The lowest BCUT2D eigenvalue weighted by atomic mass is 9.92. The van der Waals surface area contributed by atoms with Crippen LogP contribution in [0.4, 0.5) is 0 Å². The Morgan fingerprint density at radius 2 is 1.90 bits per heavy atom. The predicted molar refractivity (Wildman–Crippen MR) is 119 cm³/mol. The molecule has 30 heavy (non-hydrogen) atoms. The smallest absolute Gasteiger partial charge is 0.242 e. The highest BCUT2D eigenvalue weighted by Crippen LogP contribution is 2.21. The second kappa shape index (κ2) is 13.2. The number of benzene rings is 1. The number of carbonyl (C=O) groups excluding carboxylic acids is 2. The number of carbonyl (C=O) groups is 2. The van der Waals surface area contributed by atoms with E-state index in [9.17, 15) is 14.7 Å².